The number of carbonyl (C=O) groups excluding carboxylic acids is 2. The standard InChI is InChI=1S/C15H20N2O4/c1-11-3-2-4-12(9-11)17-14(19)13(18)16-10-15(20)5-7-21-8-6-15/h2-4,9,20H,5-8,10H2,1H3,(H,16,18)(H,17,19). The van der Waals surface area contributed by atoms with Crippen molar-refractivity contribution >= 4 is 17.5 Å². The quantitative estimate of drug-likeness (QED) is 0.712. The lowest BCUT2D eigenvalue weighted by Gasteiger charge is -2.31. The molecule has 0 radical (unpaired) electrons. The minimum absolute atomic E-state index is 0.0520. The van der Waals surface area contributed by atoms with E-state index in [0.717, 1.165) is 5.56 Å². The highest BCUT2D eigenvalue weighted by Gasteiger charge is 2.30. The highest BCUT2D eigenvalue weighted by Crippen LogP contribution is 2.19. The van der Waals surface area contributed by atoms with Crippen LogP contribution in [0.5, 0.6) is 0 Å². The maximum Gasteiger partial charge on any atom is 0.313 e. The molecule has 1 aliphatic rings. The number of hydrogen-bond acceptors (Lipinski definition) is 4. The number of ether oxygens (including phenoxy) is 1. The number of carbonyl (C=O) groups is 2. The van der Waals surface area contributed by atoms with E-state index in [2.05, 4.69) is 10.6 Å². The normalized spacial score (nSPS) is 17.0. The Morgan fingerprint density at radius 1 is 1.29 bits per heavy atom. The van der Waals surface area contributed by atoms with Crippen molar-refractivity contribution in [1.82, 2.24) is 5.32 Å². The predicted molar refractivity (Wildman–Crippen MR) is 77.8 cm³/mol. The van der Waals surface area contributed by atoms with Gasteiger partial charge in [0.2, 0.25) is 0 Å². The van der Waals surface area contributed by atoms with Crippen molar-refractivity contribution in [2.75, 3.05) is 25.1 Å². The molecule has 1 saturated heterocycles. The zero-order valence-corrected chi connectivity index (χ0v) is 12.0. The number of aryl methyl sites for hydroxylation is 1. The molecule has 21 heavy (non-hydrogen) atoms. The Morgan fingerprint density at radius 3 is 2.67 bits per heavy atom. The third kappa shape index (κ3) is 4.54. The van der Waals surface area contributed by atoms with E-state index < -0.39 is 17.4 Å². The number of nitrogens with one attached hydrogen (secondary N) is 2. The first kappa shape index (κ1) is 15.5. The van der Waals surface area contributed by atoms with Gasteiger partial charge in [-0.15, -0.1) is 0 Å². The number of aliphatic hydroxyl groups is 1. The van der Waals surface area contributed by atoms with Crippen molar-refractivity contribution in [3.8, 4) is 0 Å². The topological polar surface area (TPSA) is 87.7 Å². The second-order valence-electron chi connectivity index (χ2n) is 5.34. The van der Waals surface area contributed by atoms with Crippen LogP contribution in [0, 0.1) is 6.92 Å². The summed E-state index contributed by atoms with van der Waals surface area (Å²) >= 11 is 0. The average Bonchev–Trinajstić information content (AvgIpc) is 2.45. The van der Waals surface area contributed by atoms with Crippen LogP contribution in [0.15, 0.2) is 24.3 Å². The van der Waals surface area contributed by atoms with Crippen molar-refractivity contribution in [1.29, 1.82) is 0 Å². The summed E-state index contributed by atoms with van der Waals surface area (Å²) in [5, 5.41) is 15.2. The molecule has 3 N–H and O–H groups in total. The van der Waals surface area contributed by atoms with E-state index >= 15 is 0 Å². The highest BCUT2D eigenvalue weighted by atomic mass is 16.5. The van der Waals surface area contributed by atoms with Crippen LogP contribution >= 0.6 is 0 Å². The zero-order chi connectivity index (χ0) is 15.3. The van der Waals surface area contributed by atoms with Crippen LogP contribution in [0.2, 0.25) is 0 Å². The van der Waals surface area contributed by atoms with Crippen molar-refractivity contribution in [2.24, 2.45) is 0 Å². The summed E-state index contributed by atoms with van der Waals surface area (Å²) < 4.78 is 5.16. The fourth-order valence-corrected chi connectivity index (χ4v) is 2.16. The SMILES string of the molecule is Cc1cccc(NC(=O)C(=O)NCC2(O)CCOCC2)c1. The molecule has 0 aliphatic carbocycles. The first-order valence-corrected chi connectivity index (χ1v) is 6.94. The van der Waals surface area contributed by atoms with Crippen molar-refractivity contribution in [3.05, 3.63) is 29.8 Å². The molecule has 0 spiro atoms. The smallest absolute Gasteiger partial charge is 0.313 e. The van der Waals surface area contributed by atoms with Gasteiger partial charge in [-0.25, -0.2) is 0 Å². The van der Waals surface area contributed by atoms with E-state index in [9.17, 15) is 14.7 Å². The Balaban J connectivity index is 1.84. The van der Waals surface area contributed by atoms with Crippen molar-refractivity contribution in [3.63, 3.8) is 0 Å². The van der Waals surface area contributed by atoms with Crippen LogP contribution in [0.25, 0.3) is 0 Å². The van der Waals surface area contributed by atoms with Crippen LogP contribution in [-0.4, -0.2) is 42.3 Å². The predicted octanol–water partition coefficient (Wildman–Crippen LogP) is 0.591. The van der Waals surface area contributed by atoms with Crippen LogP contribution in [-0.2, 0) is 14.3 Å². The summed E-state index contributed by atoms with van der Waals surface area (Å²) in [6, 6.07) is 7.19. The van der Waals surface area contributed by atoms with Crippen LogP contribution in [0.4, 0.5) is 5.69 Å². The number of benzene rings is 1. The van der Waals surface area contributed by atoms with Crippen LogP contribution < -0.4 is 10.6 Å². The van der Waals surface area contributed by atoms with E-state index in [1.165, 1.54) is 0 Å². The highest BCUT2D eigenvalue weighted by molar-refractivity contribution is 6.39. The summed E-state index contributed by atoms with van der Waals surface area (Å²) in [5.74, 6) is -1.49. The Kier molecular flexibility index (Phi) is 4.93. The van der Waals surface area contributed by atoms with E-state index in [0.29, 0.717) is 31.7 Å². The van der Waals surface area contributed by atoms with Gasteiger partial charge >= 0.3 is 11.8 Å². The Bertz CT molecular complexity index is 524. The summed E-state index contributed by atoms with van der Waals surface area (Å²) in [5.41, 5.74) is 0.571. The Labute approximate surface area is 123 Å². The fourth-order valence-electron chi connectivity index (χ4n) is 2.16. The van der Waals surface area contributed by atoms with Gasteiger partial charge in [0.15, 0.2) is 0 Å². The fraction of sp³-hybridized carbons (Fsp3) is 0.467. The van der Waals surface area contributed by atoms with E-state index in [1.807, 2.05) is 13.0 Å². The van der Waals surface area contributed by atoms with Gasteiger partial charge < -0.3 is 20.5 Å². The van der Waals surface area contributed by atoms with Crippen LogP contribution in [0.1, 0.15) is 18.4 Å². The number of hydrogen-bond donors (Lipinski definition) is 3. The Morgan fingerprint density at radius 2 is 2.00 bits per heavy atom. The number of rotatable bonds is 3. The van der Waals surface area contributed by atoms with Gasteiger partial charge in [0.25, 0.3) is 0 Å². The van der Waals surface area contributed by atoms with Gasteiger partial charge in [-0.2, -0.15) is 0 Å². The minimum Gasteiger partial charge on any atom is -0.388 e. The zero-order valence-electron chi connectivity index (χ0n) is 12.0. The largest absolute Gasteiger partial charge is 0.388 e. The molecule has 1 heterocycles. The van der Waals surface area contributed by atoms with Crippen molar-refractivity contribution < 1.29 is 19.4 Å². The first-order valence-electron chi connectivity index (χ1n) is 6.94. The number of amides is 2. The van der Waals surface area contributed by atoms with Gasteiger partial charge in [0.1, 0.15) is 0 Å². The molecule has 2 rings (SSSR count). The molecule has 6 heteroatoms. The molecule has 1 aromatic carbocycles. The summed E-state index contributed by atoms with van der Waals surface area (Å²) in [6.07, 6.45) is 0.902. The summed E-state index contributed by atoms with van der Waals surface area (Å²) in [6.45, 7) is 2.87. The lowest BCUT2D eigenvalue weighted by Crippen LogP contribution is -2.48. The first-order chi connectivity index (χ1) is 9.98. The average molecular weight is 292 g/mol. The maximum absolute atomic E-state index is 11.8. The number of anilines is 1. The molecule has 1 aromatic rings. The molecule has 0 aromatic heterocycles. The van der Waals surface area contributed by atoms with Gasteiger partial charge in [-0.1, -0.05) is 12.1 Å². The molecular formula is C15H20N2O4. The van der Waals surface area contributed by atoms with E-state index in [1.54, 1.807) is 18.2 Å². The second-order valence-corrected chi connectivity index (χ2v) is 5.34. The molecule has 0 unspecified atom stereocenters. The minimum atomic E-state index is -0.989. The molecule has 0 bridgehead atoms. The lowest BCUT2D eigenvalue weighted by molar-refractivity contribution is -0.137. The monoisotopic (exact) mass is 292 g/mol. The van der Waals surface area contributed by atoms with E-state index in [-0.39, 0.29) is 6.54 Å². The van der Waals surface area contributed by atoms with Crippen LogP contribution in [0.3, 0.4) is 0 Å². The maximum atomic E-state index is 11.8. The molecule has 1 aliphatic heterocycles. The van der Waals surface area contributed by atoms with Gasteiger partial charge in [-0.05, 0) is 24.6 Å². The van der Waals surface area contributed by atoms with Crippen molar-refractivity contribution in [2.45, 2.75) is 25.4 Å². The molecular weight excluding hydrogens is 272 g/mol. The molecule has 0 saturated carbocycles. The molecule has 114 valence electrons. The second kappa shape index (κ2) is 6.69. The molecule has 6 nitrogen and oxygen atoms in total. The van der Waals surface area contributed by atoms with Gasteiger partial charge in [-0.3, -0.25) is 9.59 Å². The molecule has 2 amide bonds. The molecule has 1 fully saturated rings. The van der Waals surface area contributed by atoms with Gasteiger partial charge in [0, 0.05) is 38.3 Å². The van der Waals surface area contributed by atoms with Gasteiger partial charge in [0.05, 0.1) is 5.60 Å². The Hall–Kier alpha value is -1.92. The lowest BCUT2D eigenvalue weighted by atomic mass is 9.94. The third-order valence-electron chi connectivity index (χ3n) is 3.48. The third-order valence-corrected chi connectivity index (χ3v) is 3.48. The summed E-state index contributed by atoms with van der Waals surface area (Å²) in [7, 11) is 0. The molecule has 0 atom stereocenters. The van der Waals surface area contributed by atoms with E-state index in [4.69, 9.17) is 4.74 Å². The summed E-state index contributed by atoms with van der Waals surface area (Å²) in [4.78, 5) is 23.5.